The molecule has 23 heavy (non-hydrogen) atoms. The first-order chi connectivity index (χ1) is 11.2. The summed E-state index contributed by atoms with van der Waals surface area (Å²) in [6, 6.07) is 6.42. The minimum Gasteiger partial charge on any atom is -0.373 e. The molecule has 0 radical (unpaired) electrons. The van der Waals surface area contributed by atoms with E-state index in [-0.39, 0.29) is 0 Å². The number of pyridine rings is 1. The van der Waals surface area contributed by atoms with Crippen LogP contribution in [0.5, 0.6) is 0 Å². The molecule has 6 nitrogen and oxygen atoms in total. The van der Waals surface area contributed by atoms with Gasteiger partial charge in [0.25, 0.3) is 0 Å². The Balaban J connectivity index is 1.63. The zero-order valence-electron chi connectivity index (χ0n) is 14.2. The maximum Gasteiger partial charge on any atom is 0.191 e. The molecule has 3 atom stereocenters. The molecule has 2 bridgehead atoms. The van der Waals surface area contributed by atoms with Crippen LogP contribution in [0.1, 0.15) is 31.9 Å². The van der Waals surface area contributed by atoms with Gasteiger partial charge in [0.1, 0.15) is 5.82 Å². The first-order valence-electron chi connectivity index (χ1n) is 8.49. The number of guanidine groups is 1. The molecule has 0 spiro atoms. The molecule has 0 amide bonds. The van der Waals surface area contributed by atoms with Crippen LogP contribution >= 0.6 is 0 Å². The molecular formula is C17H27N5O. The summed E-state index contributed by atoms with van der Waals surface area (Å²) in [5.41, 5.74) is 0.970. The molecule has 3 unspecified atom stereocenters. The highest BCUT2D eigenvalue weighted by Crippen LogP contribution is 2.34. The molecule has 3 heterocycles. The van der Waals surface area contributed by atoms with Crippen molar-refractivity contribution >= 4 is 11.8 Å². The summed E-state index contributed by atoms with van der Waals surface area (Å²) in [7, 11) is 3.99. The van der Waals surface area contributed by atoms with E-state index in [4.69, 9.17) is 4.74 Å². The van der Waals surface area contributed by atoms with Gasteiger partial charge in [0.2, 0.25) is 0 Å². The Kier molecular flexibility index (Phi) is 5.00. The fourth-order valence-electron chi connectivity index (χ4n) is 3.25. The number of hydrogen-bond acceptors (Lipinski definition) is 4. The summed E-state index contributed by atoms with van der Waals surface area (Å²) in [6.07, 6.45) is 4.24. The van der Waals surface area contributed by atoms with E-state index < -0.39 is 0 Å². The third-order valence-electron chi connectivity index (χ3n) is 4.42. The quantitative estimate of drug-likeness (QED) is 0.637. The van der Waals surface area contributed by atoms with Crippen LogP contribution in [-0.2, 0) is 11.3 Å². The number of ether oxygens (including phenoxy) is 1. The summed E-state index contributed by atoms with van der Waals surface area (Å²) < 4.78 is 5.91. The lowest BCUT2D eigenvalue weighted by molar-refractivity contribution is 0.0992. The zero-order valence-corrected chi connectivity index (χ0v) is 14.2. The van der Waals surface area contributed by atoms with Crippen molar-refractivity contribution in [3.8, 4) is 0 Å². The van der Waals surface area contributed by atoms with Gasteiger partial charge < -0.3 is 20.3 Å². The molecule has 126 valence electrons. The van der Waals surface area contributed by atoms with Crippen molar-refractivity contribution in [3.63, 3.8) is 0 Å². The molecule has 0 saturated carbocycles. The Morgan fingerprint density at radius 1 is 1.39 bits per heavy atom. The van der Waals surface area contributed by atoms with Crippen LogP contribution in [0.15, 0.2) is 23.2 Å². The Morgan fingerprint density at radius 3 is 2.91 bits per heavy atom. The lowest BCUT2D eigenvalue weighted by atomic mass is 9.96. The Labute approximate surface area is 138 Å². The molecule has 2 N–H and O–H groups in total. The topological polar surface area (TPSA) is 61.8 Å². The Morgan fingerprint density at radius 2 is 2.26 bits per heavy atom. The largest absolute Gasteiger partial charge is 0.373 e. The molecule has 3 rings (SSSR count). The third-order valence-corrected chi connectivity index (χ3v) is 4.42. The van der Waals surface area contributed by atoms with Gasteiger partial charge in [0.05, 0.1) is 30.5 Å². The lowest BCUT2D eigenvalue weighted by Crippen LogP contribution is -2.47. The van der Waals surface area contributed by atoms with Crippen LogP contribution in [0.2, 0.25) is 0 Å². The number of nitrogens with zero attached hydrogens (tertiary/aromatic N) is 3. The predicted octanol–water partition coefficient (Wildman–Crippen LogP) is 1.52. The van der Waals surface area contributed by atoms with Gasteiger partial charge in [-0.1, -0.05) is 6.07 Å². The van der Waals surface area contributed by atoms with Crippen LogP contribution in [0.3, 0.4) is 0 Å². The SMILES string of the molecule is CCNC(=NCc1cccc(N(C)C)n1)NC1CC2CCC1O2. The molecule has 0 aromatic carbocycles. The van der Waals surface area contributed by atoms with Gasteiger partial charge in [-0.2, -0.15) is 0 Å². The number of rotatable bonds is 5. The predicted molar refractivity (Wildman–Crippen MR) is 92.8 cm³/mol. The molecule has 2 aliphatic heterocycles. The molecule has 1 aromatic rings. The summed E-state index contributed by atoms with van der Waals surface area (Å²) in [4.78, 5) is 11.3. The van der Waals surface area contributed by atoms with Crippen molar-refractivity contribution in [1.29, 1.82) is 0 Å². The number of fused-ring (bicyclic) bond motifs is 2. The van der Waals surface area contributed by atoms with Gasteiger partial charge in [-0.15, -0.1) is 0 Å². The van der Waals surface area contributed by atoms with Gasteiger partial charge in [-0.05, 0) is 38.3 Å². The molecular weight excluding hydrogens is 290 g/mol. The molecule has 2 saturated heterocycles. The lowest BCUT2D eigenvalue weighted by Gasteiger charge is -2.22. The van der Waals surface area contributed by atoms with E-state index in [1.807, 2.05) is 37.2 Å². The van der Waals surface area contributed by atoms with Gasteiger partial charge >= 0.3 is 0 Å². The van der Waals surface area contributed by atoms with Crippen LogP contribution in [-0.4, -0.2) is 49.8 Å². The number of aliphatic imine (C=N–C) groups is 1. The molecule has 0 aliphatic carbocycles. The maximum absolute atomic E-state index is 5.91. The fraction of sp³-hybridized carbons (Fsp3) is 0.647. The van der Waals surface area contributed by atoms with Crippen molar-refractivity contribution in [2.45, 2.75) is 51.0 Å². The summed E-state index contributed by atoms with van der Waals surface area (Å²) >= 11 is 0. The van der Waals surface area contributed by atoms with Crippen molar-refractivity contribution in [2.75, 3.05) is 25.5 Å². The normalized spacial score (nSPS) is 26.4. The first kappa shape index (κ1) is 16.1. The van der Waals surface area contributed by atoms with E-state index in [1.54, 1.807) is 0 Å². The average Bonchev–Trinajstić information content (AvgIpc) is 3.16. The second-order valence-electron chi connectivity index (χ2n) is 6.44. The van der Waals surface area contributed by atoms with Crippen LogP contribution < -0.4 is 15.5 Å². The van der Waals surface area contributed by atoms with E-state index in [9.17, 15) is 0 Å². The first-order valence-corrected chi connectivity index (χ1v) is 8.49. The highest BCUT2D eigenvalue weighted by Gasteiger charge is 2.41. The Bertz CT molecular complexity index is 560. The molecule has 2 fully saturated rings. The van der Waals surface area contributed by atoms with Crippen LogP contribution in [0.25, 0.3) is 0 Å². The van der Waals surface area contributed by atoms with E-state index in [2.05, 4.69) is 27.5 Å². The van der Waals surface area contributed by atoms with Gasteiger partial charge in [-0.3, -0.25) is 0 Å². The van der Waals surface area contributed by atoms with E-state index in [0.717, 1.165) is 36.9 Å². The van der Waals surface area contributed by atoms with E-state index in [0.29, 0.717) is 24.8 Å². The minimum absolute atomic E-state index is 0.346. The van der Waals surface area contributed by atoms with Crippen molar-refractivity contribution in [2.24, 2.45) is 4.99 Å². The van der Waals surface area contributed by atoms with Crippen molar-refractivity contribution in [1.82, 2.24) is 15.6 Å². The summed E-state index contributed by atoms with van der Waals surface area (Å²) in [6.45, 7) is 3.50. The maximum atomic E-state index is 5.91. The zero-order chi connectivity index (χ0) is 16.2. The highest BCUT2D eigenvalue weighted by molar-refractivity contribution is 5.80. The molecule has 2 aliphatic rings. The number of aromatic nitrogens is 1. The third kappa shape index (κ3) is 3.93. The van der Waals surface area contributed by atoms with Gasteiger partial charge in [-0.25, -0.2) is 9.98 Å². The monoisotopic (exact) mass is 317 g/mol. The van der Waals surface area contributed by atoms with E-state index >= 15 is 0 Å². The minimum atomic E-state index is 0.346. The number of anilines is 1. The standard InChI is InChI=1S/C17H27N5O/c1-4-18-17(21-14-10-13-8-9-15(14)23-13)19-11-12-6-5-7-16(20-12)22(2)3/h5-7,13-15H,4,8-11H2,1-3H3,(H2,18,19,21). The Hall–Kier alpha value is -1.82. The average molecular weight is 317 g/mol. The number of hydrogen-bond donors (Lipinski definition) is 2. The summed E-state index contributed by atoms with van der Waals surface area (Å²) in [5, 5.41) is 6.85. The highest BCUT2D eigenvalue weighted by atomic mass is 16.5. The van der Waals surface area contributed by atoms with Crippen molar-refractivity contribution < 1.29 is 4.74 Å². The molecule has 6 heteroatoms. The second kappa shape index (κ2) is 7.17. The number of nitrogens with one attached hydrogen (secondary N) is 2. The van der Waals surface area contributed by atoms with Crippen LogP contribution in [0.4, 0.5) is 5.82 Å². The van der Waals surface area contributed by atoms with Gasteiger partial charge in [0, 0.05) is 20.6 Å². The van der Waals surface area contributed by atoms with E-state index in [1.165, 1.54) is 6.42 Å². The smallest absolute Gasteiger partial charge is 0.191 e. The van der Waals surface area contributed by atoms with Crippen molar-refractivity contribution in [3.05, 3.63) is 23.9 Å². The molecule has 1 aromatic heterocycles. The fourth-order valence-corrected chi connectivity index (χ4v) is 3.25. The second-order valence-corrected chi connectivity index (χ2v) is 6.44. The summed E-state index contributed by atoms with van der Waals surface area (Å²) in [5.74, 6) is 1.81. The van der Waals surface area contributed by atoms with Crippen LogP contribution in [0, 0.1) is 0 Å². The van der Waals surface area contributed by atoms with Gasteiger partial charge in [0.15, 0.2) is 5.96 Å².